The van der Waals surface area contributed by atoms with Crippen LogP contribution in [0.15, 0.2) is 54.6 Å². The zero-order chi connectivity index (χ0) is 20.5. The molecule has 0 aliphatic rings. The summed E-state index contributed by atoms with van der Waals surface area (Å²) in [5.41, 5.74) is 7.47. The summed E-state index contributed by atoms with van der Waals surface area (Å²) < 4.78 is 5.01. The molecule has 2 amide bonds. The van der Waals surface area contributed by atoms with Gasteiger partial charge in [0, 0.05) is 25.6 Å². The van der Waals surface area contributed by atoms with Crippen LogP contribution in [0.4, 0.5) is 0 Å². The van der Waals surface area contributed by atoms with Gasteiger partial charge in [-0.05, 0) is 29.7 Å². The Morgan fingerprint density at radius 3 is 2.18 bits per heavy atom. The number of benzene rings is 2. The number of carbonyl (C=O) groups excluding carboxylic acids is 2. The average Bonchev–Trinajstić information content (AvgIpc) is 2.70. The summed E-state index contributed by atoms with van der Waals surface area (Å²) >= 11 is 0. The van der Waals surface area contributed by atoms with Gasteiger partial charge in [0.1, 0.15) is 6.04 Å². The number of carboxylic acid groups (broad SMARTS) is 1. The Morgan fingerprint density at radius 1 is 1.04 bits per heavy atom. The Balaban J connectivity index is 2.25. The summed E-state index contributed by atoms with van der Waals surface area (Å²) in [5, 5.41) is 9.56. The summed E-state index contributed by atoms with van der Waals surface area (Å²) in [6.07, 6.45) is -0.178. The van der Waals surface area contributed by atoms with Crippen LogP contribution in [0.2, 0.25) is 0 Å². The molecule has 7 nitrogen and oxygen atoms in total. The number of hydrogen-bond acceptors (Lipinski definition) is 4. The van der Waals surface area contributed by atoms with Crippen molar-refractivity contribution in [2.75, 3.05) is 20.3 Å². The topological polar surface area (TPSA) is 110 Å². The number of nitrogens with zero attached hydrogens (tertiary/aromatic N) is 1. The fraction of sp³-hybridized carbons (Fsp3) is 0.286. The van der Waals surface area contributed by atoms with Crippen LogP contribution in [-0.4, -0.2) is 54.1 Å². The molecular weight excluding hydrogens is 360 g/mol. The van der Waals surface area contributed by atoms with E-state index in [-0.39, 0.29) is 26.0 Å². The molecule has 1 atom stereocenters. The number of rotatable bonds is 10. The Kier molecular flexibility index (Phi) is 7.71. The third-order valence-corrected chi connectivity index (χ3v) is 4.36. The van der Waals surface area contributed by atoms with E-state index < -0.39 is 23.8 Å². The maximum absolute atomic E-state index is 13.0. The molecule has 0 unspecified atom stereocenters. The van der Waals surface area contributed by atoms with Crippen LogP contribution >= 0.6 is 0 Å². The average molecular weight is 384 g/mol. The van der Waals surface area contributed by atoms with Gasteiger partial charge in [0.25, 0.3) is 5.91 Å². The lowest BCUT2D eigenvalue weighted by atomic mass is 10.0. The van der Waals surface area contributed by atoms with E-state index in [1.807, 2.05) is 42.5 Å². The predicted octanol–water partition coefficient (Wildman–Crippen LogP) is 2.16. The van der Waals surface area contributed by atoms with E-state index in [1.165, 1.54) is 12.0 Å². The Bertz CT molecular complexity index is 805. The lowest BCUT2D eigenvalue weighted by molar-refractivity contribution is -0.142. The molecule has 0 saturated carbocycles. The zero-order valence-electron chi connectivity index (χ0n) is 15.7. The van der Waals surface area contributed by atoms with Crippen LogP contribution in [0.1, 0.15) is 23.2 Å². The maximum Gasteiger partial charge on any atom is 0.326 e. The molecule has 2 aromatic carbocycles. The van der Waals surface area contributed by atoms with E-state index in [1.54, 1.807) is 12.1 Å². The molecule has 28 heavy (non-hydrogen) atoms. The normalized spacial score (nSPS) is 11.6. The third-order valence-electron chi connectivity index (χ3n) is 4.36. The van der Waals surface area contributed by atoms with Gasteiger partial charge >= 0.3 is 5.97 Å². The van der Waals surface area contributed by atoms with Gasteiger partial charge in [-0.25, -0.2) is 4.79 Å². The fourth-order valence-electron chi connectivity index (χ4n) is 2.88. The minimum Gasteiger partial charge on any atom is -0.480 e. The van der Waals surface area contributed by atoms with Crippen molar-refractivity contribution >= 4 is 17.8 Å². The first-order chi connectivity index (χ1) is 13.4. The fourth-order valence-corrected chi connectivity index (χ4v) is 2.88. The second-order valence-electron chi connectivity index (χ2n) is 6.29. The molecule has 0 saturated heterocycles. The van der Waals surface area contributed by atoms with Crippen molar-refractivity contribution in [1.29, 1.82) is 0 Å². The molecule has 148 valence electrons. The quantitative estimate of drug-likeness (QED) is 0.652. The molecule has 2 aromatic rings. The summed E-state index contributed by atoms with van der Waals surface area (Å²) in [4.78, 5) is 37.0. The van der Waals surface area contributed by atoms with E-state index in [0.29, 0.717) is 5.56 Å². The number of carbonyl (C=O) groups is 3. The third kappa shape index (κ3) is 5.65. The van der Waals surface area contributed by atoms with Gasteiger partial charge in [-0.2, -0.15) is 0 Å². The number of amides is 2. The van der Waals surface area contributed by atoms with E-state index in [4.69, 9.17) is 10.5 Å². The highest BCUT2D eigenvalue weighted by Crippen LogP contribution is 2.21. The second-order valence-corrected chi connectivity index (χ2v) is 6.29. The number of hydrogen-bond donors (Lipinski definition) is 2. The van der Waals surface area contributed by atoms with Crippen LogP contribution in [0.25, 0.3) is 11.1 Å². The van der Waals surface area contributed by atoms with Crippen molar-refractivity contribution < 1.29 is 24.2 Å². The van der Waals surface area contributed by atoms with Crippen molar-refractivity contribution in [3.8, 4) is 11.1 Å². The SMILES string of the molecule is COCCN(C(=O)c1ccc(-c2ccccc2)cc1)[C@@H](CCC(N)=O)C(=O)O. The molecule has 0 radical (unpaired) electrons. The number of primary amides is 1. The number of methoxy groups -OCH3 is 1. The Morgan fingerprint density at radius 2 is 1.64 bits per heavy atom. The first-order valence-electron chi connectivity index (χ1n) is 8.90. The number of carboxylic acids is 1. The highest BCUT2D eigenvalue weighted by atomic mass is 16.5. The van der Waals surface area contributed by atoms with Crippen molar-refractivity contribution in [3.05, 3.63) is 60.2 Å². The van der Waals surface area contributed by atoms with Gasteiger partial charge in [0.2, 0.25) is 5.91 Å². The molecule has 0 aromatic heterocycles. The number of ether oxygens (including phenoxy) is 1. The minimum absolute atomic E-state index is 0.0534. The van der Waals surface area contributed by atoms with Gasteiger partial charge in [-0.1, -0.05) is 42.5 Å². The minimum atomic E-state index is -1.19. The van der Waals surface area contributed by atoms with E-state index in [2.05, 4.69) is 0 Å². The van der Waals surface area contributed by atoms with Crippen LogP contribution in [0.5, 0.6) is 0 Å². The highest BCUT2D eigenvalue weighted by Gasteiger charge is 2.30. The summed E-state index contributed by atoms with van der Waals surface area (Å²) in [6.45, 7) is 0.264. The lowest BCUT2D eigenvalue weighted by Gasteiger charge is -2.29. The molecule has 0 spiro atoms. The van der Waals surface area contributed by atoms with Crippen molar-refractivity contribution in [2.24, 2.45) is 5.73 Å². The molecular formula is C21H24N2O5. The highest BCUT2D eigenvalue weighted by molar-refractivity contribution is 5.97. The zero-order valence-corrected chi connectivity index (χ0v) is 15.7. The van der Waals surface area contributed by atoms with Crippen LogP contribution < -0.4 is 5.73 Å². The van der Waals surface area contributed by atoms with Crippen molar-refractivity contribution in [2.45, 2.75) is 18.9 Å². The van der Waals surface area contributed by atoms with Crippen LogP contribution in [-0.2, 0) is 14.3 Å². The van der Waals surface area contributed by atoms with E-state index >= 15 is 0 Å². The van der Waals surface area contributed by atoms with Crippen LogP contribution in [0.3, 0.4) is 0 Å². The van der Waals surface area contributed by atoms with Gasteiger partial charge in [-0.3, -0.25) is 9.59 Å². The molecule has 0 fully saturated rings. The first kappa shape index (κ1) is 21.1. The molecule has 3 N–H and O–H groups in total. The summed E-state index contributed by atoms with van der Waals surface area (Å²) in [6, 6.07) is 15.5. The molecule has 0 aliphatic heterocycles. The van der Waals surface area contributed by atoms with Crippen molar-refractivity contribution in [1.82, 2.24) is 4.90 Å². The standard InChI is InChI=1S/C21H24N2O5/c1-28-14-13-23(18(21(26)27)11-12-19(22)24)20(25)17-9-7-16(8-10-17)15-5-3-2-4-6-15/h2-10,18H,11-14H2,1H3,(H2,22,24)(H,26,27)/t18-/m0/s1. The predicted molar refractivity (Wildman–Crippen MR) is 105 cm³/mol. The number of aliphatic carboxylic acids is 1. The molecule has 0 bridgehead atoms. The maximum atomic E-state index is 13.0. The lowest BCUT2D eigenvalue weighted by Crippen LogP contribution is -2.47. The van der Waals surface area contributed by atoms with Crippen molar-refractivity contribution in [3.63, 3.8) is 0 Å². The summed E-state index contributed by atoms with van der Waals surface area (Å²) in [5.74, 6) is -2.24. The Hall–Kier alpha value is -3.19. The van der Waals surface area contributed by atoms with E-state index in [9.17, 15) is 19.5 Å². The second kappa shape index (κ2) is 10.2. The molecule has 7 heteroatoms. The van der Waals surface area contributed by atoms with Gasteiger partial charge < -0.3 is 20.5 Å². The molecule has 2 rings (SSSR count). The Labute approximate surface area is 163 Å². The van der Waals surface area contributed by atoms with Gasteiger partial charge in [0.05, 0.1) is 6.61 Å². The summed E-state index contributed by atoms with van der Waals surface area (Å²) in [7, 11) is 1.47. The first-order valence-corrected chi connectivity index (χ1v) is 8.90. The molecule has 0 aliphatic carbocycles. The van der Waals surface area contributed by atoms with Gasteiger partial charge in [0.15, 0.2) is 0 Å². The number of nitrogens with two attached hydrogens (primary N) is 1. The monoisotopic (exact) mass is 384 g/mol. The smallest absolute Gasteiger partial charge is 0.326 e. The van der Waals surface area contributed by atoms with Gasteiger partial charge in [-0.15, -0.1) is 0 Å². The molecule has 0 heterocycles. The largest absolute Gasteiger partial charge is 0.480 e. The van der Waals surface area contributed by atoms with Crippen LogP contribution in [0, 0.1) is 0 Å². The van der Waals surface area contributed by atoms with E-state index in [0.717, 1.165) is 11.1 Å².